The Kier molecular flexibility index (Phi) is 7.62. The zero-order valence-corrected chi connectivity index (χ0v) is 18.7. The number of benzene rings is 3. The number of rotatable bonds is 9. The van der Waals surface area contributed by atoms with Crippen LogP contribution >= 0.6 is 0 Å². The lowest BCUT2D eigenvalue weighted by atomic mass is 10.1. The van der Waals surface area contributed by atoms with Gasteiger partial charge in [-0.1, -0.05) is 30.3 Å². The number of ether oxygens (including phenoxy) is 2. The fourth-order valence-corrected chi connectivity index (χ4v) is 4.30. The van der Waals surface area contributed by atoms with Gasteiger partial charge in [0.25, 0.3) is 0 Å². The Labute approximate surface area is 190 Å². The molecule has 0 aromatic heterocycles. The SMILES string of the molecule is COc1ccc(S(=O)(=O)N[C@@H](Cc2ccccc2)C(=O)Nc2cc(F)ccc2F)cc1OC. The summed E-state index contributed by atoms with van der Waals surface area (Å²) in [5, 5.41) is 2.26. The second-order valence-electron chi connectivity index (χ2n) is 6.99. The topological polar surface area (TPSA) is 93.7 Å². The zero-order valence-electron chi connectivity index (χ0n) is 17.8. The highest BCUT2D eigenvalue weighted by molar-refractivity contribution is 7.89. The molecule has 2 N–H and O–H groups in total. The van der Waals surface area contributed by atoms with Gasteiger partial charge in [0.1, 0.15) is 17.7 Å². The first kappa shape index (κ1) is 24.1. The van der Waals surface area contributed by atoms with E-state index >= 15 is 0 Å². The van der Waals surface area contributed by atoms with Crippen LogP contribution in [0.25, 0.3) is 0 Å². The van der Waals surface area contributed by atoms with Gasteiger partial charge in [-0.25, -0.2) is 17.2 Å². The summed E-state index contributed by atoms with van der Waals surface area (Å²) in [5.74, 6) is -1.95. The number of sulfonamides is 1. The van der Waals surface area contributed by atoms with Crippen molar-refractivity contribution < 1.29 is 31.5 Å². The third kappa shape index (κ3) is 6.05. The molecule has 10 heteroatoms. The molecule has 1 atom stereocenters. The van der Waals surface area contributed by atoms with Crippen molar-refractivity contribution in [1.82, 2.24) is 4.72 Å². The van der Waals surface area contributed by atoms with E-state index in [-0.39, 0.29) is 17.1 Å². The number of halogens is 2. The van der Waals surface area contributed by atoms with Gasteiger partial charge in [0.2, 0.25) is 15.9 Å². The van der Waals surface area contributed by atoms with Gasteiger partial charge in [0.15, 0.2) is 11.5 Å². The minimum atomic E-state index is -4.21. The van der Waals surface area contributed by atoms with Gasteiger partial charge in [0.05, 0.1) is 24.8 Å². The Bertz CT molecular complexity index is 1240. The van der Waals surface area contributed by atoms with E-state index in [1.807, 2.05) is 0 Å². The Hall–Kier alpha value is -3.50. The summed E-state index contributed by atoms with van der Waals surface area (Å²) < 4.78 is 66.3. The van der Waals surface area contributed by atoms with Gasteiger partial charge in [-0.3, -0.25) is 4.79 Å². The third-order valence-corrected chi connectivity index (χ3v) is 6.22. The lowest BCUT2D eigenvalue weighted by Gasteiger charge is -2.19. The largest absolute Gasteiger partial charge is 0.493 e. The highest BCUT2D eigenvalue weighted by Crippen LogP contribution is 2.29. The molecule has 3 rings (SSSR count). The molecule has 0 aliphatic carbocycles. The molecule has 174 valence electrons. The first-order valence-electron chi connectivity index (χ1n) is 9.77. The van der Waals surface area contributed by atoms with Crippen molar-refractivity contribution in [2.45, 2.75) is 17.4 Å². The lowest BCUT2D eigenvalue weighted by Crippen LogP contribution is -2.45. The van der Waals surface area contributed by atoms with Crippen molar-refractivity contribution in [1.29, 1.82) is 0 Å². The van der Waals surface area contributed by atoms with E-state index in [4.69, 9.17) is 9.47 Å². The summed E-state index contributed by atoms with van der Waals surface area (Å²) in [5.41, 5.74) is 0.260. The molecular weight excluding hydrogens is 454 g/mol. The molecule has 0 spiro atoms. The summed E-state index contributed by atoms with van der Waals surface area (Å²) in [6.07, 6.45) is -0.0316. The summed E-state index contributed by atoms with van der Waals surface area (Å²) in [4.78, 5) is 12.8. The molecule has 33 heavy (non-hydrogen) atoms. The van der Waals surface area contributed by atoms with Gasteiger partial charge >= 0.3 is 0 Å². The Balaban J connectivity index is 1.92. The summed E-state index contributed by atoms with van der Waals surface area (Å²) >= 11 is 0. The molecule has 0 aliphatic heterocycles. The van der Waals surface area contributed by atoms with Crippen LogP contribution in [0.4, 0.5) is 14.5 Å². The number of carbonyl (C=O) groups is 1. The molecule has 7 nitrogen and oxygen atoms in total. The van der Waals surface area contributed by atoms with Gasteiger partial charge in [-0.05, 0) is 36.2 Å². The number of nitrogens with one attached hydrogen (secondary N) is 2. The highest BCUT2D eigenvalue weighted by Gasteiger charge is 2.27. The molecule has 0 fully saturated rings. The quantitative estimate of drug-likeness (QED) is 0.493. The van der Waals surface area contributed by atoms with Crippen LogP contribution in [0.5, 0.6) is 11.5 Å². The smallest absolute Gasteiger partial charge is 0.242 e. The predicted molar refractivity (Wildman–Crippen MR) is 119 cm³/mol. The molecule has 0 heterocycles. The lowest BCUT2D eigenvalue weighted by molar-refractivity contribution is -0.117. The second kappa shape index (κ2) is 10.4. The number of amides is 1. The summed E-state index contributed by atoms with van der Waals surface area (Å²) in [6, 6.07) is 13.9. The maximum Gasteiger partial charge on any atom is 0.242 e. The first-order chi connectivity index (χ1) is 15.7. The molecule has 0 unspecified atom stereocenters. The van der Waals surface area contributed by atoms with E-state index in [0.29, 0.717) is 11.3 Å². The molecule has 0 saturated heterocycles. The summed E-state index contributed by atoms with van der Waals surface area (Å²) in [7, 11) is -1.43. The first-order valence-corrected chi connectivity index (χ1v) is 11.3. The van der Waals surface area contributed by atoms with Crippen molar-refractivity contribution in [3.63, 3.8) is 0 Å². The third-order valence-electron chi connectivity index (χ3n) is 4.75. The van der Waals surface area contributed by atoms with Crippen molar-refractivity contribution in [2.75, 3.05) is 19.5 Å². The van der Waals surface area contributed by atoms with Crippen molar-refractivity contribution >= 4 is 21.6 Å². The van der Waals surface area contributed by atoms with E-state index < -0.39 is 39.3 Å². The Morgan fingerprint density at radius 1 is 0.939 bits per heavy atom. The predicted octanol–water partition coefficient (Wildman–Crippen LogP) is 3.51. The van der Waals surface area contributed by atoms with E-state index in [1.54, 1.807) is 30.3 Å². The standard InChI is InChI=1S/C23H22F2N2O5S/c1-31-21-11-9-17(14-22(21)32-2)33(29,30)27-20(12-15-6-4-3-5-7-15)23(28)26-19-13-16(24)8-10-18(19)25/h3-11,13-14,20,27H,12H2,1-2H3,(H,26,28)/t20-/m0/s1. The van der Waals surface area contributed by atoms with Gasteiger partial charge < -0.3 is 14.8 Å². The number of hydrogen-bond acceptors (Lipinski definition) is 5. The van der Waals surface area contributed by atoms with E-state index in [0.717, 1.165) is 18.2 Å². The van der Waals surface area contributed by atoms with Crippen molar-refractivity contribution in [3.8, 4) is 11.5 Å². The fourth-order valence-electron chi connectivity index (χ4n) is 3.09. The van der Waals surface area contributed by atoms with Crippen LogP contribution in [0.1, 0.15) is 5.56 Å². The van der Waals surface area contributed by atoms with Gasteiger partial charge in [-0.2, -0.15) is 4.72 Å². The maximum absolute atomic E-state index is 14.0. The number of carbonyl (C=O) groups excluding carboxylic acids is 1. The fraction of sp³-hybridized carbons (Fsp3) is 0.174. The zero-order chi connectivity index (χ0) is 24.0. The number of hydrogen-bond donors (Lipinski definition) is 2. The molecule has 3 aromatic carbocycles. The van der Waals surface area contributed by atoms with Crippen LogP contribution in [-0.4, -0.2) is 34.6 Å². The van der Waals surface area contributed by atoms with Gasteiger partial charge in [0, 0.05) is 12.1 Å². The monoisotopic (exact) mass is 476 g/mol. The van der Waals surface area contributed by atoms with E-state index in [2.05, 4.69) is 10.0 Å². The second-order valence-corrected chi connectivity index (χ2v) is 8.71. The molecule has 0 radical (unpaired) electrons. The van der Waals surface area contributed by atoms with Crippen LogP contribution in [0, 0.1) is 11.6 Å². The molecule has 1 amide bonds. The van der Waals surface area contributed by atoms with Crippen molar-refractivity contribution in [2.24, 2.45) is 0 Å². The number of methoxy groups -OCH3 is 2. The van der Waals surface area contributed by atoms with Gasteiger partial charge in [-0.15, -0.1) is 0 Å². The van der Waals surface area contributed by atoms with Crippen LogP contribution < -0.4 is 19.5 Å². The van der Waals surface area contributed by atoms with Crippen molar-refractivity contribution in [3.05, 3.63) is 83.9 Å². The molecule has 3 aromatic rings. The number of anilines is 1. The maximum atomic E-state index is 14.0. The minimum absolute atomic E-state index is 0.0316. The van der Waals surface area contributed by atoms with Crippen LogP contribution in [-0.2, 0) is 21.2 Å². The van der Waals surface area contributed by atoms with Crippen LogP contribution in [0.3, 0.4) is 0 Å². The molecule has 0 bridgehead atoms. The van der Waals surface area contributed by atoms with Crippen LogP contribution in [0.15, 0.2) is 71.6 Å². The minimum Gasteiger partial charge on any atom is -0.493 e. The average Bonchev–Trinajstić information content (AvgIpc) is 2.81. The normalized spacial score (nSPS) is 12.1. The highest BCUT2D eigenvalue weighted by atomic mass is 32.2. The molecular formula is C23H22F2N2O5S. The summed E-state index contributed by atoms with van der Waals surface area (Å²) in [6.45, 7) is 0. The van der Waals surface area contributed by atoms with Crippen LogP contribution in [0.2, 0.25) is 0 Å². The van der Waals surface area contributed by atoms with E-state index in [1.165, 1.54) is 32.4 Å². The Morgan fingerprint density at radius 2 is 1.64 bits per heavy atom. The Morgan fingerprint density at radius 3 is 2.30 bits per heavy atom. The van der Waals surface area contributed by atoms with E-state index in [9.17, 15) is 22.0 Å². The average molecular weight is 477 g/mol. The molecule has 0 aliphatic rings. The molecule has 0 saturated carbocycles.